The molecule has 1 saturated heterocycles. The monoisotopic (exact) mass is 350 g/mol. The fourth-order valence-corrected chi connectivity index (χ4v) is 3.58. The average molecular weight is 350 g/mol. The highest BCUT2D eigenvalue weighted by Crippen LogP contribution is 2.26. The zero-order valence-electron chi connectivity index (χ0n) is 14.9. The number of rotatable bonds is 2. The van der Waals surface area contributed by atoms with Crippen LogP contribution < -0.4 is 4.74 Å². The molecule has 2 heterocycles. The molecule has 1 fully saturated rings. The first-order valence-electron chi connectivity index (χ1n) is 9.03. The van der Waals surface area contributed by atoms with Gasteiger partial charge in [0, 0.05) is 43.7 Å². The fraction of sp³-hybridized carbons (Fsp3) is 0.333. The number of amides is 2. The van der Waals surface area contributed by atoms with Crippen molar-refractivity contribution in [2.45, 2.75) is 13.3 Å². The minimum absolute atomic E-state index is 0.0300. The van der Waals surface area contributed by atoms with E-state index in [9.17, 15) is 9.59 Å². The summed E-state index contributed by atoms with van der Waals surface area (Å²) < 4.78 is 5.50. The summed E-state index contributed by atoms with van der Waals surface area (Å²) in [5, 5.41) is 0. The minimum Gasteiger partial charge on any atom is -0.493 e. The van der Waals surface area contributed by atoms with Gasteiger partial charge >= 0.3 is 0 Å². The normalized spacial score (nSPS) is 16.2. The number of hydrogen-bond acceptors (Lipinski definition) is 3. The van der Waals surface area contributed by atoms with Crippen LogP contribution in [0.1, 0.15) is 31.8 Å². The van der Waals surface area contributed by atoms with E-state index in [2.05, 4.69) is 0 Å². The van der Waals surface area contributed by atoms with Crippen molar-refractivity contribution in [3.63, 3.8) is 0 Å². The highest BCUT2D eigenvalue weighted by molar-refractivity contribution is 5.96. The largest absolute Gasteiger partial charge is 0.493 e. The Labute approximate surface area is 153 Å². The van der Waals surface area contributed by atoms with Gasteiger partial charge in [0.2, 0.25) is 0 Å². The van der Waals surface area contributed by atoms with Gasteiger partial charge < -0.3 is 14.5 Å². The van der Waals surface area contributed by atoms with E-state index in [1.54, 1.807) is 0 Å². The van der Waals surface area contributed by atoms with Crippen LogP contribution >= 0.6 is 0 Å². The lowest BCUT2D eigenvalue weighted by molar-refractivity contribution is 0.0535. The first-order chi connectivity index (χ1) is 12.6. The van der Waals surface area contributed by atoms with Gasteiger partial charge in [0.1, 0.15) is 5.75 Å². The number of benzene rings is 2. The molecule has 2 aromatic carbocycles. The van der Waals surface area contributed by atoms with Crippen LogP contribution in [0.15, 0.2) is 42.5 Å². The van der Waals surface area contributed by atoms with Gasteiger partial charge in [0.05, 0.1) is 6.61 Å². The maximum atomic E-state index is 12.8. The van der Waals surface area contributed by atoms with Crippen LogP contribution in [0.4, 0.5) is 0 Å². The van der Waals surface area contributed by atoms with Gasteiger partial charge in [-0.1, -0.05) is 17.7 Å². The van der Waals surface area contributed by atoms with E-state index in [4.69, 9.17) is 4.74 Å². The Morgan fingerprint density at radius 1 is 0.885 bits per heavy atom. The third kappa shape index (κ3) is 3.17. The smallest absolute Gasteiger partial charge is 0.253 e. The van der Waals surface area contributed by atoms with E-state index in [1.165, 1.54) is 0 Å². The maximum absolute atomic E-state index is 12.8. The molecule has 4 rings (SSSR count). The molecule has 0 radical (unpaired) electrons. The average Bonchev–Trinajstić information content (AvgIpc) is 3.15. The van der Waals surface area contributed by atoms with Gasteiger partial charge in [-0.3, -0.25) is 9.59 Å². The predicted molar refractivity (Wildman–Crippen MR) is 98.6 cm³/mol. The Bertz CT molecular complexity index is 854. The summed E-state index contributed by atoms with van der Waals surface area (Å²) in [5.74, 6) is 0.952. The lowest BCUT2D eigenvalue weighted by Gasteiger charge is -2.35. The molecule has 0 aromatic heterocycles. The first-order valence-corrected chi connectivity index (χ1v) is 9.03. The van der Waals surface area contributed by atoms with Gasteiger partial charge in [-0.2, -0.15) is 0 Å². The minimum atomic E-state index is 0.0300. The number of nitrogens with zero attached hydrogens (tertiary/aromatic N) is 2. The molecule has 0 saturated carbocycles. The molecule has 26 heavy (non-hydrogen) atoms. The highest BCUT2D eigenvalue weighted by Gasteiger charge is 2.26. The van der Waals surface area contributed by atoms with E-state index in [0.29, 0.717) is 43.9 Å². The second kappa shape index (κ2) is 6.83. The Morgan fingerprint density at radius 2 is 1.54 bits per heavy atom. The van der Waals surface area contributed by atoms with E-state index < -0.39 is 0 Å². The molecule has 5 heteroatoms. The lowest BCUT2D eigenvalue weighted by Crippen LogP contribution is -2.50. The fourth-order valence-electron chi connectivity index (χ4n) is 3.58. The number of ether oxygens (including phenoxy) is 1. The molecule has 0 atom stereocenters. The third-order valence-electron chi connectivity index (χ3n) is 5.06. The van der Waals surface area contributed by atoms with Crippen molar-refractivity contribution in [3.05, 3.63) is 64.7 Å². The quantitative estimate of drug-likeness (QED) is 0.836. The first kappa shape index (κ1) is 16.6. The number of hydrogen-bond donors (Lipinski definition) is 0. The summed E-state index contributed by atoms with van der Waals surface area (Å²) in [4.78, 5) is 29.1. The van der Waals surface area contributed by atoms with Gasteiger partial charge in [-0.15, -0.1) is 0 Å². The standard InChI is InChI=1S/C21H22N2O3/c1-15-3-2-4-17(13-15)20(24)22-8-10-23(11-9-22)21(25)18-5-6-19-16(14-18)7-12-26-19/h2-6,13-14H,7-12H2,1H3. The Morgan fingerprint density at radius 3 is 2.19 bits per heavy atom. The van der Waals surface area contributed by atoms with E-state index in [1.807, 2.05) is 59.2 Å². The lowest BCUT2D eigenvalue weighted by atomic mass is 10.1. The third-order valence-corrected chi connectivity index (χ3v) is 5.06. The van der Waals surface area contributed by atoms with Crippen molar-refractivity contribution in [3.8, 4) is 5.75 Å². The van der Waals surface area contributed by atoms with Gasteiger partial charge in [-0.25, -0.2) is 0 Å². The van der Waals surface area contributed by atoms with Crippen molar-refractivity contribution in [1.29, 1.82) is 0 Å². The highest BCUT2D eigenvalue weighted by atomic mass is 16.5. The zero-order chi connectivity index (χ0) is 18.1. The van der Waals surface area contributed by atoms with E-state index >= 15 is 0 Å². The number of carbonyl (C=O) groups is 2. The topological polar surface area (TPSA) is 49.9 Å². The van der Waals surface area contributed by atoms with Crippen LogP contribution in [0.5, 0.6) is 5.75 Å². The summed E-state index contributed by atoms with van der Waals surface area (Å²) >= 11 is 0. The molecule has 0 aliphatic carbocycles. The molecule has 2 amide bonds. The van der Waals surface area contributed by atoms with Crippen LogP contribution in [-0.2, 0) is 6.42 Å². The molecule has 134 valence electrons. The molecule has 0 N–H and O–H groups in total. The molecule has 2 aliphatic heterocycles. The second-order valence-electron chi connectivity index (χ2n) is 6.87. The number of fused-ring (bicyclic) bond motifs is 1. The van der Waals surface area contributed by atoms with Crippen LogP contribution in [-0.4, -0.2) is 54.4 Å². The van der Waals surface area contributed by atoms with Crippen LogP contribution in [0, 0.1) is 6.92 Å². The summed E-state index contributed by atoms with van der Waals surface area (Å²) in [5.41, 5.74) is 3.59. The van der Waals surface area contributed by atoms with Crippen molar-refractivity contribution in [1.82, 2.24) is 9.80 Å². The summed E-state index contributed by atoms with van der Waals surface area (Å²) in [6.45, 7) is 4.91. The maximum Gasteiger partial charge on any atom is 0.253 e. The molecule has 2 aliphatic rings. The van der Waals surface area contributed by atoms with Crippen molar-refractivity contribution >= 4 is 11.8 Å². The molecule has 0 bridgehead atoms. The Balaban J connectivity index is 1.40. The molecular formula is C21H22N2O3. The number of carbonyl (C=O) groups excluding carboxylic acids is 2. The number of piperazine rings is 1. The molecule has 0 spiro atoms. The SMILES string of the molecule is Cc1cccc(C(=O)N2CCN(C(=O)c3ccc4c(c3)CCO4)CC2)c1. The van der Waals surface area contributed by atoms with Gasteiger partial charge in [0.25, 0.3) is 11.8 Å². The summed E-state index contributed by atoms with van der Waals surface area (Å²) in [6, 6.07) is 13.3. The summed E-state index contributed by atoms with van der Waals surface area (Å²) in [6.07, 6.45) is 0.856. The van der Waals surface area contributed by atoms with Crippen LogP contribution in [0.25, 0.3) is 0 Å². The van der Waals surface area contributed by atoms with Crippen molar-refractivity contribution in [2.75, 3.05) is 32.8 Å². The van der Waals surface area contributed by atoms with Gasteiger partial charge in [0.15, 0.2) is 0 Å². The molecule has 2 aromatic rings. The zero-order valence-corrected chi connectivity index (χ0v) is 14.9. The summed E-state index contributed by atoms with van der Waals surface area (Å²) in [7, 11) is 0. The molecule has 5 nitrogen and oxygen atoms in total. The Hall–Kier alpha value is -2.82. The molecule has 0 unspecified atom stereocenters. The second-order valence-corrected chi connectivity index (χ2v) is 6.87. The van der Waals surface area contributed by atoms with Crippen LogP contribution in [0.3, 0.4) is 0 Å². The van der Waals surface area contributed by atoms with Crippen LogP contribution in [0.2, 0.25) is 0 Å². The Kier molecular flexibility index (Phi) is 4.37. The molecular weight excluding hydrogens is 328 g/mol. The van der Waals surface area contributed by atoms with E-state index in [-0.39, 0.29) is 11.8 Å². The van der Waals surface area contributed by atoms with Gasteiger partial charge in [-0.05, 0) is 42.8 Å². The predicted octanol–water partition coefficient (Wildman–Crippen LogP) is 2.53. The van der Waals surface area contributed by atoms with Crippen molar-refractivity contribution < 1.29 is 14.3 Å². The van der Waals surface area contributed by atoms with Crippen molar-refractivity contribution in [2.24, 2.45) is 0 Å². The van der Waals surface area contributed by atoms with E-state index in [0.717, 1.165) is 23.3 Å². The number of aryl methyl sites for hydroxylation is 1.